The second kappa shape index (κ2) is 5.97. The standard InChI is InChI=1S/C28H17O2P/c29-31(19-9-2-1-3-10-19)26-15-14-18-8-4-5-11-20(18)28(26)23-16-25-22(17-27(23)31)21-12-6-7-13-24(21)30-25/h1-17H. The predicted molar refractivity (Wildman–Crippen MR) is 130 cm³/mol. The third-order valence-corrected chi connectivity index (χ3v) is 9.59. The van der Waals surface area contributed by atoms with Crippen LogP contribution in [-0.4, -0.2) is 0 Å². The van der Waals surface area contributed by atoms with Crippen LogP contribution in [0.1, 0.15) is 0 Å². The number of rotatable bonds is 1. The van der Waals surface area contributed by atoms with Gasteiger partial charge in [0, 0.05) is 32.2 Å². The summed E-state index contributed by atoms with van der Waals surface area (Å²) in [6.07, 6.45) is 0. The smallest absolute Gasteiger partial charge is 0.172 e. The van der Waals surface area contributed by atoms with Gasteiger partial charge in [0.05, 0.1) is 0 Å². The second-order valence-corrected chi connectivity index (χ2v) is 10.8. The van der Waals surface area contributed by atoms with E-state index in [1.165, 1.54) is 0 Å². The van der Waals surface area contributed by atoms with Crippen LogP contribution in [-0.2, 0) is 4.57 Å². The highest BCUT2D eigenvalue weighted by Crippen LogP contribution is 2.54. The van der Waals surface area contributed by atoms with Gasteiger partial charge in [-0.15, -0.1) is 0 Å². The topological polar surface area (TPSA) is 30.2 Å². The van der Waals surface area contributed by atoms with E-state index in [-0.39, 0.29) is 0 Å². The molecule has 1 aromatic heterocycles. The summed E-state index contributed by atoms with van der Waals surface area (Å²) < 4.78 is 21.2. The highest BCUT2D eigenvalue weighted by atomic mass is 31.2. The molecular weight excluding hydrogens is 399 g/mol. The van der Waals surface area contributed by atoms with Gasteiger partial charge in [-0.05, 0) is 40.6 Å². The number of fused-ring (bicyclic) bond motifs is 8. The monoisotopic (exact) mass is 416 g/mol. The fourth-order valence-corrected chi connectivity index (χ4v) is 8.15. The Balaban J connectivity index is 1.69. The molecule has 146 valence electrons. The third-order valence-electron chi connectivity index (χ3n) is 6.47. The lowest BCUT2D eigenvalue weighted by Crippen LogP contribution is -2.20. The molecule has 2 nitrogen and oxygen atoms in total. The molecule has 0 aliphatic carbocycles. The first-order valence-corrected chi connectivity index (χ1v) is 12.1. The van der Waals surface area contributed by atoms with Crippen LogP contribution in [0.15, 0.2) is 108 Å². The first kappa shape index (κ1) is 17.1. The number of benzene rings is 5. The Labute approximate surface area is 179 Å². The van der Waals surface area contributed by atoms with Gasteiger partial charge < -0.3 is 8.98 Å². The van der Waals surface area contributed by atoms with Gasteiger partial charge in [-0.25, -0.2) is 0 Å². The molecule has 0 radical (unpaired) electrons. The Bertz CT molecular complexity index is 1710. The highest BCUT2D eigenvalue weighted by molar-refractivity contribution is 7.86. The van der Waals surface area contributed by atoms with Crippen molar-refractivity contribution in [2.45, 2.75) is 0 Å². The minimum atomic E-state index is -3.01. The van der Waals surface area contributed by atoms with Crippen LogP contribution < -0.4 is 15.9 Å². The lowest BCUT2D eigenvalue weighted by atomic mass is 9.97. The van der Waals surface area contributed by atoms with Crippen LogP contribution in [0.2, 0.25) is 0 Å². The zero-order valence-electron chi connectivity index (χ0n) is 16.6. The summed E-state index contributed by atoms with van der Waals surface area (Å²) in [4.78, 5) is 0. The maximum absolute atomic E-state index is 15.0. The molecule has 0 saturated heterocycles. The van der Waals surface area contributed by atoms with Crippen molar-refractivity contribution in [1.82, 2.24) is 0 Å². The Hall–Kier alpha value is -3.61. The second-order valence-electron chi connectivity index (χ2n) is 8.09. The molecule has 0 N–H and O–H groups in total. The molecule has 1 atom stereocenters. The van der Waals surface area contributed by atoms with Gasteiger partial charge in [0.15, 0.2) is 7.14 Å². The minimum Gasteiger partial charge on any atom is -0.456 e. The molecule has 0 amide bonds. The maximum atomic E-state index is 15.0. The van der Waals surface area contributed by atoms with Crippen LogP contribution in [0.5, 0.6) is 0 Å². The van der Waals surface area contributed by atoms with E-state index in [4.69, 9.17) is 4.42 Å². The van der Waals surface area contributed by atoms with Crippen molar-refractivity contribution in [3.8, 4) is 11.1 Å². The van der Waals surface area contributed by atoms with Crippen molar-refractivity contribution < 1.29 is 8.98 Å². The average Bonchev–Trinajstić information content (AvgIpc) is 3.32. The van der Waals surface area contributed by atoms with E-state index in [2.05, 4.69) is 42.5 Å². The first-order valence-electron chi connectivity index (χ1n) is 10.4. The molecule has 1 aliphatic heterocycles. The lowest BCUT2D eigenvalue weighted by Gasteiger charge is -2.16. The molecule has 0 saturated carbocycles. The summed E-state index contributed by atoms with van der Waals surface area (Å²) in [5.41, 5.74) is 3.78. The lowest BCUT2D eigenvalue weighted by molar-refractivity contribution is 0.593. The van der Waals surface area contributed by atoms with E-state index in [0.717, 1.165) is 59.8 Å². The van der Waals surface area contributed by atoms with E-state index in [1.54, 1.807) is 0 Å². The molecule has 31 heavy (non-hydrogen) atoms. The van der Waals surface area contributed by atoms with Crippen LogP contribution in [0.3, 0.4) is 0 Å². The summed E-state index contributed by atoms with van der Waals surface area (Å²) in [5, 5.41) is 7.05. The number of hydrogen-bond donors (Lipinski definition) is 0. The summed E-state index contributed by atoms with van der Waals surface area (Å²) in [6.45, 7) is 0. The Kier molecular flexibility index (Phi) is 3.29. The van der Waals surface area contributed by atoms with Crippen LogP contribution in [0, 0.1) is 0 Å². The SMILES string of the molecule is O=P1(c2ccccc2)c2cc3c(cc2-c2c1ccc1ccccc21)oc1ccccc13. The van der Waals surface area contributed by atoms with Gasteiger partial charge in [0.2, 0.25) is 0 Å². The van der Waals surface area contributed by atoms with Gasteiger partial charge >= 0.3 is 0 Å². The van der Waals surface area contributed by atoms with Crippen LogP contribution >= 0.6 is 7.14 Å². The molecule has 1 unspecified atom stereocenters. The van der Waals surface area contributed by atoms with E-state index in [1.807, 2.05) is 60.7 Å². The van der Waals surface area contributed by atoms with Gasteiger partial charge in [-0.2, -0.15) is 0 Å². The van der Waals surface area contributed by atoms with E-state index in [0.29, 0.717) is 0 Å². The van der Waals surface area contributed by atoms with Gasteiger partial charge in [-0.1, -0.05) is 78.9 Å². The van der Waals surface area contributed by atoms with Crippen molar-refractivity contribution >= 4 is 55.8 Å². The van der Waals surface area contributed by atoms with E-state index < -0.39 is 7.14 Å². The average molecular weight is 416 g/mol. The fourth-order valence-electron chi connectivity index (χ4n) is 5.07. The molecule has 1 aliphatic rings. The molecular formula is C28H17O2P. The Morgan fingerprint density at radius 1 is 0.581 bits per heavy atom. The number of hydrogen-bond acceptors (Lipinski definition) is 2. The van der Waals surface area contributed by atoms with Crippen molar-refractivity contribution in [2.75, 3.05) is 0 Å². The Morgan fingerprint density at radius 2 is 1.32 bits per heavy atom. The van der Waals surface area contributed by atoms with Gasteiger partial charge in [-0.3, -0.25) is 0 Å². The van der Waals surface area contributed by atoms with E-state index in [9.17, 15) is 4.57 Å². The number of furan rings is 1. The number of para-hydroxylation sites is 1. The molecule has 6 aromatic rings. The summed E-state index contributed by atoms with van der Waals surface area (Å²) in [5.74, 6) is 0. The fraction of sp³-hybridized carbons (Fsp3) is 0. The highest BCUT2D eigenvalue weighted by Gasteiger charge is 2.41. The summed E-state index contributed by atoms with van der Waals surface area (Å²) in [6, 6.07) is 34.6. The van der Waals surface area contributed by atoms with Crippen molar-refractivity contribution in [3.63, 3.8) is 0 Å². The molecule has 0 spiro atoms. The van der Waals surface area contributed by atoms with E-state index >= 15 is 0 Å². The van der Waals surface area contributed by atoms with Crippen LogP contribution in [0.4, 0.5) is 0 Å². The van der Waals surface area contributed by atoms with Crippen LogP contribution in [0.25, 0.3) is 43.8 Å². The largest absolute Gasteiger partial charge is 0.456 e. The molecule has 0 bridgehead atoms. The third kappa shape index (κ3) is 2.15. The zero-order valence-corrected chi connectivity index (χ0v) is 17.5. The zero-order chi connectivity index (χ0) is 20.6. The Morgan fingerprint density at radius 3 is 2.19 bits per heavy atom. The van der Waals surface area contributed by atoms with Gasteiger partial charge in [0.25, 0.3) is 0 Å². The first-order chi connectivity index (χ1) is 15.2. The van der Waals surface area contributed by atoms with Crippen molar-refractivity contribution in [2.24, 2.45) is 0 Å². The maximum Gasteiger partial charge on any atom is 0.172 e. The molecule has 3 heteroatoms. The quantitative estimate of drug-likeness (QED) is 0.292. The molecule has 5 aromatic carbocycles. The minimum absolute atomic E-state index is 0.834. The normalized spacial score (nSPS) is 17.3. The van der Waals surface area contributed by atoms with Crippen molar-refractivity contribution in [3.05, 3.63) is 103 Å². The van der Waals surface area contributed by atoms with Crippen molar-refractivity contribution in [1.29, 1.82) is 0 Å². The summed E-state index contributed by atoms with van der Waals surface area (Å²) in [7, 11) is -3.01. The molecule has 7 rings (SSSR count). The molecule has 2 heterocycles. The van der Waals surface area contributed by atoms with Gasteiger partial charge in [0.1, 0.15) is 11.2 Å². The summed E-state index contributed by atoms with van der Waals surface area (Å²) >= 11 is 0. The molecule has 0 fully saturated rings. The predicted octanol–water partition coefficient (Wildman–Crippen LogP) is 6.36.